The van der Waals surface area contributed by atoms with Crippen molar-refractivity contribution in [1.29, 1.82) is 0 Å². The van der Waals surface area contributed by atoms with Gasteiger partial charge in [0.05, 0.1) is 11.8 Å². The first-order chi connectivity index (χ1) is 14.8. The number of nitrogens with zero attached hydrogens (tertiary/aromatic N) is 4. The molecule has 1 aliphatic heterocycles. The molecule has 2 aliphatic rings. The summed E-state index contributed by atoms with van der Waals surface area (Å²) in [5, 5.41) is 15.7. The molecule has 0 amide bonds. The van der Waals surface area contributed by atoms with Gasteiger partial charge >= 0.3 is 0 Å². The third-order valence-corrected chi connectivity index (χ3v) is 6.39. The van der Waals surface area contributed by atoms with Crippen molar-refractivity contribution in [3.05, 3.63) is 42.9 Å². The second-order valence-electron chi connectivity index (χ2n) is 8.56. The van der Waals surface area contributed by atoms with E-state index in [4.69, 9.17) is 4.98 Å². The van der Waals surface area contributed by atoms with E-state index in [9.17, 15) is 5.11 Å². The number of pyridine rings is 3. The average Bonchev–Trinajstić information content (AvgIpc) is 2.80. The Morgan fingerprint density at radius 1 is 0.967 bits per heavy atom. The van der Waals surface area contributed by atoms with Gasteiger partial charge < -0.3 is 15.3 Å². The Morgan fingerprint density at radius 2 is 1.80 bits per heavy atom. The number of piperidine rings is 1. The summed E-state index contributed by atoms with van der Waals surface area (Å²) in [5.41, 5.74) is 2.00. The summed E-state index contributed by atoms with van der Waals surface area (Å²) in [6.07, 6.45) is 13.3. The van der Waals surface area contributed by atoms with E-state index in [1.165, 1.54) is 32.1 Å². The third-order valence-electron chi connectivity index (χ3n) is 6.39. The van der Waals surface area contributed by atoms with Crippen LogP contribution in [-0.2, 0) is 0 Å². The second kappa shape index (κ2) is 8.56. The fourth-order valence-electron chi connectivity index (χ4n) is 4.67. The Balaban J connectivity index is 1.49. The molecule has 1 saturated heterocycles. The summed E-state index contributed by atoms with van der Waals surface area (Å²) >= 11 is 0. The van der Waals surface area contributed by atoms with Crippen molar-refractivity contribution < 1.29 is 5.11 Å². The quantitative estimate of drug-likeness (QED) is 0.673. The third kappa shape index (κ3) is 4.10. The maximum atomic E-state index is 9.91. The predicted octanol–water partition coefficient (Wildman–Crippen LogP) is 4.40. The van der Waals surface area contributed by atoms with Crippen LogP contribution < -0.4 is 10.2 Å². The van der Waals surface area contributed by atoms with Crippen molar-refractivity contribution in [2.45, 2.75) is 57.1 Å². The number of aromatic nitrogens is 3. The lowest BCUT2D eigenvalue weighted by atomic mass is 9.95. The average molecular weight is 404 g/mol. The van der Waals surface area contributed by atoms with Gasteiger partial charge in [-0.05, 0) is 49.9 Å². The van der Waals surface area contributed by atoms with Crippen molar-refractivity contribution in [1.82, 2.24) is 15.0 Å². The van der Waals surface area contributed by atoms with Gasteiger partial charge in [0.1, 0.15) is 11.6 Å². The van der Waals surface area contributed by atoms with Crippen LogP contribution in [0.3, 0.4) is 0 Å². The van der Waals surface area contributed by atoms with Crippen LogP contribution in [0.25, 0.3) is 22.0 Å². The van der Waals surface area contributed by atoms with Crippen molar-refractivity contribution in [2.24, 2.45) is 0 Å². The molecular formula is C24H29N5O. The van der Waals surface area contributed by atoms with Crippen molar-refractivity contribution in [3.8, 4) is 11.3 Å². The molecule has 0 spiro atoms. The van der Waals surface area contributed by atoms with Crippen LogP contribution >= 0.6 is 0 Å². The second-order valence-corrected chi connectivity index (χ2v) is 8.56. The van der Waals surface area contributed by atoms with E-state index in [0.717, 1.165) is 59.6 Å². The zero-order chi connectivity index (χ0) is 20.3. The number of hydrogen-bond acceptors (Lipinski definition) is 6. The SMILES string of the molecule is OC1CCN(c2nc(-c3ccnc(NC4CCCCC4)c3)cc3cnccc23)CC1. The molecule has 0 atom stereocenters. The number of hydrogen-bond donors (Lipinski definition) is 2. The number of rotatable bonds is 4. The highest BCUT2D eigenvalue weighted by molar-refractivity contribution is 5.94. The molecule has 2 fully saturated rings. The maximum Gasteiger partial charge on any atom is 0.137 e. The zero-order valence-electron chi connectivity index (χ0n) is 17.3. The largest absolute Gasteiger partial charge is 0.393 e. The molecule has 6 nitrogen and oxygen atoms in total. The monoisotopic (exact) mass is 403 g/mol. The molecule has 0 bridgehead atoms. The Labute approximate surface area is 177 Å². The van der Waals surface area contributed by atoms with Gasteiger partial charge in [-0.3, -0.25) is 4.98 Å². The molecule has 4 heterocycles. The van der Waals surface area contributed by atoms with E-state index < -0.39 is 0 Å². The highest BCUT2D eigenvalue weighted by atomic mass is 16.3. The standard InChI is InChI=1S/C24H29N5O/c30-20-8-12-29(13-9-20)24-21-7-10-25-16-18(21)14-22(28-24)17-6-11-26-23(15-17)27-19-4-2-1-3-5-19/h6-7,10-11,14-16,19-20,30H,1-5,8-9,12-13H2,(H,26,27). The van der Waals surface area contributed by atoms with Crippen LogP contribution in [0.1, 0.15) is 44.9 Å². The number of anilines is 2. The van der Waals surface area contributed by atoms with E-state index in [2.05, 4.69) is 32.3 Å². The molecule has 3 aromatic heterocycles. The highest BCUT2D eigenvalue weighted by Gasteiger charge is 2.21. The van der Waals surface area contributed by atoms with Crippen LogP contribution in [0.5, 0.6) is 0 Å². The molecule has 1 saturated carbocycles. The molecule has 5 rings (SSSR count). The maximum absolute atomic E-state index is 9.91. The van der Waals surface area contributed by atoms with Gasteiger partial charge in [0.15, 0.2) is 0 Å². The zero-order valence-corrected chi connectivity index (χ0v) is 17.3. The smallest absolute Gasteiger partial charge is 0.137 e. The lowest BCUT2D eigenvalue weighted by molar-refractivity contribution is 0.145. The molecule has 156 valence electrons. The van der Waals surface area contributed by atoms with E-state index in [1.807, 2.05) is 30.7 Å². The molecule has 3 aromatic rings. The summed E-state index contributed by atoms with van der Waals surface area (Å²) < 4.78 is 0. The topological polar surface area (TPSA) is 74.2 Å². The van der Waals surface area contributed by atoms with Crippen molar-refractivity contribution in [2.75, 3.05) is 23.3 Å². The van der Waals surface area contributed by atoms with E-state index in [-0.39, 0.29) is 6.10 Å². The van der Waals surface area contributed by atoms with Crippen LogP contribution in [0.4, 0.5) is 11.6 Å². The molecule has 6 heteroatoms. The first-order valence-electron chi connectivity index (χ1n) is 11.2. The summed E-state index contributed by atoms with van der Waals surface area (Å²) in [5.74, 6) is 1.91. The molecule has 0 aromatic carbocycles. The minimum absolute atomic E-state index is 0.203. The Hall–Kier alpha value is -2.73. The van der Waals surface area contributed by atoms with Gasteiger partial charge in [-0.2, -0.15) is 0 Å². The van der Waals surface area contributed by atoms with E-state index >= 15 is 0 Å². The summed E-state index contributed by atoms with van der Waals surface area (Å²) in [7, 11) is 0. The Bertz CT molecular complexity index is 1010. The lowest BCUT2D eigenvalue weighted by Gasteiger charge is -2.31. The number of fused-ring (bicyclic) bond motifs is 1. The van der Waals surface area contributed by atoms with Gasteiger partial charge in [-0.15, -0.1) is 0 Å². The lowest BCUT2D eigenvalue weighted by Crippen LogP contribution is -2.36. The van der Waals surface area contributed by atoms with Crippen molar-refractivity contribution >= 4 is 22.4 Å². The van der Waals surface area contributed by atoms with E-state index in [1.54, 1.807) is 0 Å². The van der Waals surface area contributed by atoms with Gasteiger partial charge in [-0.1, -0.05) is 19.3 Å². The molecule has 0 radical (unpaired) electrons. The molecule has 30 heavy (non-hydrogen) atoms. The molecular weight excluding hydrogens is 374 g/mol. The van der Waals surface area contributed by atoms with Crippen LogP contribution in [0.15, 0.2) is 42.9 Å². The minimum Gasteiger partial charge on any atom is -0.393 e. The first kappa shape index (κ1) is 19.2. The fraction of sp³-hybridized carbons (Fsp3) is 0.458. The normalized spacial score (nSPS) is 18.6. The highest BCUT2D eigenvalue weighted by Crippen LogP contribution is 2.32. The predicted molar refractivity (Wildman–Crippen MR) is 121 cm³/mol. The van der Waals surface area contributed by atoms with Gasteiger partial charge in [0.25, 0.3) is 0 Å². The Morgan fingerprint density at radius 3 is 2.63 bits per heavy atom. The molecule has 2 N–H and O–H groups in total. The van der Waals surface area contributed by atoms with Gasteiger partial charge in [-0.25, -0.2) is 9.97 Å². The number of nitrogens with one attached hydrogen (secondary N) is 1. The molecule has 0 unspecified atom stereocenters. The van der Waals surface area contributed by atoms with Gasteiger partial charge in [0, 0.05) is 54.1 Å². The summed E-state index contributed by atoms with van der Waals surface area (Å²) in [4.78, 5) is 16.2. The van der Waals surface area contributed by atoms with Crippen molar-refractivity contribution in [3.63, 3.8) is 0 Å². The first-order valence-corrected chi connectivity index (χ1v) is 11.2. The summed E-state index contributed by atoms with van der Waals surface area (Å²) in [6, 6.07) is 8.81. The van der Waals surface area contributed by atoms with Crippen LogP contribution in [0.2, 0.25) is 0 Å². The van der Waals surface area contributed by atoms with Crippen LogP contribution in [0, 0.1) is 0 Å². The molecule has 1 aliphatic carbocycles. The Kier molecular flexibility index (Phi) is 5.49. The minimum atomic E-state index is -0.203. The van der Waals surface area contributed by atoms with Crippen LogP contribution in [-0.4, -0.2) is 45.3 Å². The number of aliphatic hydroxyl groups is 1. The fourth-order valence-corrected chi connectivity index (χ4v) is 4.67. The number of aliphatic hydroxyl groups excluding tert-OH is 1. The van der Waals surface area contributed by atoms with E-state index in [0.29, 0.717) is 6.04 Å². The van der Waals surface area contributed by atoms with Gasteiger partial charge in [0.2, 0.25) is 0 Å². The summed E-state index contributed by atoms with van der Waals surface area (Å²) in [6.45, 7) is 1.64.